The van der Waals surface area contributed by atoms with Crippen molar-refractivity contribution in [3.8, 4) is 5.75 Å². The summed E-state index contributed by atoms with van der Waals surface area (Å²) in [4.78, 5) is 31.2. The molecule has 0 spiro atoms. The first-order chi connectivity index (χ1) is 13.0. The number of ether oxygens (including phenoxy) is 1. The third-order valence-electron chi connectivity index (χ3n) is 5.00. The maximum Gasteiger partial charge on any atom is 0.225 e. The van der Waals surface area contributed by atoms with Crippen LogP contribution < -0.4 is 10.1 Å². The lowest BCUT2D eigenvalue weighted by Crippen LogP contribution is -2.33. The van der Waals surface area contributed by atoms with Gasteiger partial charge in [-0.05, 0) is 25.0 Å². The van der Waals surface area contributed by atoms with Crippen LogP contribution in [-0.2, 0) is 16.0 Å². The number of nitrogens with zero attached hydrogens (tertiary/aromatic N) is 3. The smallest absolute Gasteiger partial charge is 0.225 e. The van der Waals surface area contributed by atoms with Crippen LogP contribution in [0, 0.1) is 12.8 Å². The van der Waals surface area contributed by atoms with Crippen molar-refractivity contribution in [2.24, 2.45) is 5.92 Å². The number of carbonyl (C=O) groups excluding carboxylic acids is 2. The summed E-state index contributed by atoms with van der Waals surface area (Å²) >= 11 is 0. The van der Waals surface area contributed by atoms with Gasteiger partial charge in [-0.1, -0.05) is 18.2 Å². The molecule has 2 N–H and O–H groups in total. The first-order valence-corrected chi connectivity index (χ1v) is 9.03. The van der Waals surface area contributed by atoms with Gasteiger partial charge in [0.25, 0.3) is 0 Å². The molecule has 2 atom stereocenters. The fourth-order valence-electron chi connectivity index (χ4n) is 3.56. The zero-order chi connectivity index (χ0) is 19.4. The van der Waals surface area contributed by atoms with Crippen LogP contribution in [0.5, 0.6) is 5.75 Å². The van der Waals surface area contributed by atoms with E-state index in [1.807, 2.05) is 31.2 Å². The van der Waals surface area contributed by atoms with Gasteiger partial charge in [-0.2, -0.15) is 5.10 Å². The number of aryl methyl sites for hydroxylation is 2. The minimum absolute atomic E-state index is 0.0181. The number of nitrogens with one attached hydrogen (secondary N) is 2. The van der Waals surface area contributed by atoms with Crippen molar-refractivity contribution in [3.05, 3.63) is 41.5 Å². The largest absolute Gasteiger partial charge is 0.496 e. The van der Waals surface area contributed by atoms with Gasteiger partial charge < -0.3 is 15.0 Å². The number of hydrogen-bond acceptors (Lipinski definition) is 5. The highest BCUT2D eigenvalue weighted by Gasteiger charge is 2.41. The highest BCUT2D eigenvalue weighted by Crippen LogP contribution is 2.31. The Morgan fingerprint density at radius 2 is 2.11 bits per heavy atom. The second-order valence-electron chi connectivity index (χ2n) is 6.72. The predicted octanol–water partition coefficient (Wildman–Crippen LogP) is 1.04. The van der Waals surface area contributed by atoms with Crippen molar-refractivity contribution < 1.29 is 14.3 Å². The molecule has 1 aromatic heterocycles. The lowest BCUT2D eigenvalue weighted by Gasteiger charge is -2.16. The Labute approximate surface area is 158 Å². The van der Waals surface area contributed by atoms with E-state index in [1.165, 1.54) is 0 Å². The highest BCUT2D eigenvalue weighted by atomic mass is 16.5. The molecule has 2 aromatic rings. The molecule has 2 amide bonds. The average molecular weight is 371 g/mol. The molecule has 1 aliphatic rings. The summed E-state index contributed by atoms with van der Waals surface area (Å²) in [5.74, 6) is 1.43. The number of likely N-dealkylation sites (tertiary alicyclic amines) is 1. The van der Waals surface area contributed by atoms with E-state index in [4.69, 9.17) is 4.74 Å². The number of benzene rings is 1. The number of H-pyrrole nitrogens is 1. The highest BCUT2D eigenvalue weighted by molar-refractivity contribution is 5.83. The van der Waals surface area contributed by atoms with Crippen molar-refractivity contribution in [2.75, 3.05) is 27.2 Å². The Kier molecular flexibility index (Phi) is 5.73. The van der Waals surface area contributed by atoms with E-state index in [2.05, 4.69) is 20.5 Å². The molecular formula is C19H25N5O3. The molecule has 0 unspecified atom stereocenters. The van der Waals surface area contributed by atoms with E-state index in [0.29, 0.717) is 37.6 Å². The summed E-state index contributed by atoms with van der Waals surface area (Å²) < 4.78 is 5.35. The minimum atomic E-state index is -0.347. The van der Waals surface area contributed by atoms with E-state index in [9.17, 15) is 9.59 Å². The standard InChI is InChI=1S/C19H25N5O3/c1-12-21-18(23-22-12)14-10-24(11-15(14)19(26)20-2)17(25)9-8-13-6-4-5-7-16(13)27-3/h4-7,14-15H,8-11H2,1-3H3,(H,20,26)(H,21,22,23)/t14-,15-/m1/s1. The number of methoxy groups -OCH3 is 1. The van der Waals surface area contributed by atoms with Gasteiger partial charge in [0.15, 0.2) is 5.82 Å². The SMILES string of the molecule is CNC(=O)[C@@H]1CN(C(=O)CCc2ccccc2OC)C[C@H]1c1n[nH]c(C)n1. The van der Waals surface area contributed by atoms with Crippen LogP contribution in [0.25, 0.3) is 0 Å². The van der Waals surface area contributed by atoms with E-state index in [0.717, 1.165) is 11.3 Å². The molecule has 3 rings (SSSR count). The summed E-state index contributed by atoms with van der Waals surface area (Å²) in [6, 6.07) is 7.69. The number of aromatic amines is 1. The monoisotopic (exact) mass is 371 g/mol. The molecule has 2 heterocycles. The molecule has 1 aromatic carbocycles. The number of carbonyl (C=O) groups is 2. The number of amides is 2. The topological polar surface area (TPSA) is 100 Å². The first-order valence-electron chi connectivity index (χ1n) is 9.03. The maximum absolute atomic E-state index is 12.8. The Balaban J connectivity index is 1.69. The van der Waals surface area contributed by atoms with Gasteiger partial charge in [0.1, 0.15) is 11.6 Å². The second-order valence-corrected chi connectivity index (χ2v) is 6.72. The molecule has 0 radical (unpaired) electrons. The third kappa shape index (κ3) is 4.10. The normalized spacial score (nSPS) is 19.1. The molecule has 0 saturated carbocycles. The second kappa shape index (κ2) is 8.20. The fraction of sp³-hybridized carbons (Fsp3) is 0.474. The van der Waals surface area contributed by atoms with E-state index >= 15 is 0 Å². The van der Waals surface area contributed by atoms with Gasteiger partial charge in [-0.3, -0.25) is 14.7 Å². The number of hydrogen-bond donors (Lipinski definition) is 2. The number of para-hydroxylation sites is 1. The van der Waals surface area contributed by atoms with Crippen LogP contribution in [-0.4, -0.2) is 59.1 Å². The van der Waals surface area contributed by atoms with Gasteiger partial charge in [0, 0.05) is 26.6 Å². The number of aromatic nitrogens is 3. The van der Waals surface area contributed by atoms with Crippen molar-refractivity contribution in [2.45, 2.75) is 25.7 Å². The van der Waals surface area contributed by atoms with E-state index in [1.54, 1.807) is 19.1 Å². The molecule has 1 saturated heterocycles. The Morgan fingerprint density at radius 3 is 2.78 bits per heavy atom. The van der Waals surface area contributed by atoms with E-state index < -0.39 is 0 Å². The molecule has 8 heteroatoms. The summed E-state index contributed by atoms with van der Waals surface area (Å²) in [5.41, 5.74) is 0.997. The molecule has 0 bridgehead atoms. The molecule has 8 nitrogen and oxygen atoms in total. The summed E-state index contributed by atoms with van der Waals surface area (Å²) in [7, 11) is 3.23. The zero-order valence-corrected chi connectivity index (χ0v) is 15.9. The first kappa shape index (κ1) is 18.9. The molecule has 144 valence electrons. The van der Waals surface area contributed by atoms with Crippen molar-refractivity contribution in [1.82, 2.24) is 25.4 Å². The quantitative estimate of drug-likeness (QED) is 0.790. The molecule has 27 heavy (non-hydrogen) atoms. The van der Waals surface area contributed by atoms with Crippen LogP contribution >= 0.6 is 0 Å². The lowest BCUT2D eigenvalue weighted by molar-refractivity contribution is -0.130. The van der Waals surface area contributed by atoms with Crippen LogP contribution in [0.3, 0.4) is 0 Å². The van der Waals surface area contributed by atoms with Crippen LogP contribution in [0.15, 0.2) is 24.3 Å². The Hall–Kier alpha value is -2.90. The van der Waals surface area contributed by atoms with Crippen LogP contribution in [0.1, 0.15) is 29.6 Å². The fourth-order valence-corrected chi connectivity index (χ4v) is 3.56. The van der Waals surface area contributed by atoms with Gasteiger partial charge >= 0.3 is 0 Å². The molecular weight excluding hydrogens is 346 g/mol. The summed E-state index contributed by atoms with van der Waals surface area (Å²) in [6.45, 7) is 2.64. The van der Waals surface area contributed by atoms with Crippen molar-refractivity contribution >= 4 is 11.8 Å². The third-order valence-corrected chi connectivity index (χ3v) is 5.00. The maximum atomic E-state index is 12.8. The number of rotatable bonds is 6. The Morgan fingerprint density at radius 1 is 1.33 bits per heavy atom. The van der Waals surface area contributed by atoms with Crippen molar-refractivity contribution in [3.63, 3.8) is 0 Å². The van der Waals surface area contributed by atoms with Gasteiger partial charge in [-0.15, -0.1) is 0 Å². The van der Waals surface area contributed by atoms with Crippen molar-refractivity contribution in [1.29, 1.82) is 0 Å². The molecule has 0 aliphatic carbocycles. The van der Waals surface area contributed by atoms with Gasteiger partial charge in [0.05, 0.1) is 18.9 Å². The molecule has 1 fully saturated rings. The lowest BCUT2D eigenvalue weighted by atomic mass is 9.94. The Bertz CT molecular complexity index is 819. The summed E-state index contributed by atoms with van der Waals surface area (Å²) in [5, 5.41) is 9.71. The van der Waals surface area contributed by atoms with Gasteiger partial charge in [0.2, 0.25) is 11.8 Å². The van der Waals surface area contributed by atoms with Gasteiger partial charge in [-0.25, -0.2) is 4.98 Å². The molecule has 1 aliphatic heterocycles. The van der Waals surface area contributed by atoms with Crippen LogP contribution in [0.2, 0.25) is 0 Å². The minimum Gasteiger partial charge on any atom is -0.496 e. The van der Waals surface area contributed by atoms with E-state index in [-0.39, 0.29) is 23.7 Å². The van der Waals surface area contributed by atoms with Crippen LogP contribution in [0.4, 0.5) is 0 Å². The average Bonchev–Trinajstić information content (AvgIpc) is 3.32. The summed E-state index contributed by atoms with van der Waals surface area (Å²) in [6.07, 6.45) is 0.953. The predicted molar refractivity (Wildman–Crippen MR) is 99.3 cm³/mol. The zero-order valence-electron chi connectivity index (χ0n) is 15.9.